The Morgan fingerprint density at radius 3 is 2.33 bits per heavy atom. The van der Waals surface area contributed by atoms with Gasteiger partial charge in [0.15, 0.2) is 0 Å². The van der Waals surface area contributed by atoms with Gasteiger partial charge in [-0.25, -0.2) is 9.97 Å². The molecule has 15 heteroatoms. The third kappa shape index (κ3) is 9.89. The van der Waals surface area contributed by atoms with Crippen molar-refractivity contribution < 1.29 is 28.7 Å². The summed E-state index contributed by atoms with van der Waals surface area (Å²) in [7, 11) is 0. The van der Waals surface area contributed by atoms with E-state index in [1.165, 1.54) is 34.8 Å². The van der Waals surface area contributed by atoms with Crippen LogP contribution < -0.4 is 16.0 Å². The van der Waals surface area contributed by atoms with E-state index in [-0.39, 0.29) is 37.1 Å². The van der Waals surface area contributed by atoms with Crippen molar-refractivity contribution in [3.63, 3.8) is 0 Å². The molecule has 1 aliphatic heterocycles. The number of likely N-dealkylation sites (tertiary alicyclic amines) is 1. The lowest BCUT2D eigenvalue weighted by molar-refractivity contribution is -0.143. The van der Waals surface area contributed by atoms with Crippen LogP contribution in [0.1, 0.15) is 62.8 Å². The minimum Gasteiger partial charge on any atom is -0.371 e. The molecule has 1 fully saturated rings. The molecule has 5 atom stereocenters. The lowest BCUT2D eigenvalue weighted by atomic mass is 9.98. The molecule has 1 aliphatic rings. The maximum absolute atomic E-state index is 14.2. The molecule has 2 aromatic heterocycles. The van der Waals surface area contributed by atoms with Gasteiger partial charge in [-0.05, 0) is 30.4 Å². The van der Waals surface area contributed by atoms with E-state index in [4.69, 9.17) is 16.3 Å². The van der Waals surface area contributed by atoms with Crippen molar-refractivity contribution in [2.75, 3.05) is 6.54 Å². The second kappa shape index (κ2) is 17.4. The Hall–Kier alpha value is -4.27. The van der Waals surface area contributed by atoms with Crippen molar-refractivity contribution in [3.05, 3.63) is 64.6 Å². The summed E-state index contributed by atoms with van der Waals surface area (Å²) >= 11 is 7.48. The van der Waals surface area contributed by atoms with Gasteiger partial charge in [0.2, 0.25) is 17.7 Å². The quantitative estimate of drug-likeness (QED) is 0.200. The number of rotatable bonds is 15. The zero-order valence-corrected chi connectivity index (χ0v) is 29.7. The molecule has 1 aromatic carbocycles. The van der Waals surface area contributed by atoms with E-state index in [2.05, 4.69) is 30.9 Å². The number of nitrogens with zero attached hydrogens (tertiary/aromatic N) is 4. The van der Waals surface area contributed by atoms with E-state index in [0.717, 1.165) is 15.4 Å². The monoisotopic (exact) mass is 711 g/mol. The fraction of sp³-hybridized carbons (Fsp3) is 0.471. The molecule has 0 bridgehead atoms. The molecule has 3 N–H and O–H groups in total. The van der Waals surface area contributed by atoms with Crippen LogP contribution in [0.2, 0.25) is 5.02 Å². The third-order valence-corrected chi connectivity index (χ3v) is 9.42. The predicted molar refractivity (Wildman–Crippen MR) is 184 cm³/mol. The first-order valence-electron chi connectivity index (χ1n) is 16.2. The Bertz CT molecular complexity index is 1600. The van der Waals surface area contributed by atoms with Crippen molar-refractivity contribution in [1.29, 1.82) is 0 Å². The molecule has 4 rings (SSSR count). The molecule has 4 amide bonds. The Labute approximate surface area is 294 Å². The van der Waals surface area contributed by atoms with Gasteiger partial charge >= 0.3 is 0 Å². The van der Waals surface area contributed by atoms with Crippen LogP contribution in [0.3, 0.4) is 0 Å². The molecule has 262 valence electrons. The van der Waals surface area contributed by atoms with Crippen LogP contribution in [-0.4, -0.2) is 86.6 Å². The Morgan fingerprint density at radius 2 is 1.71 bits per heavy atom. The number of hydrogen-bond donors (Lipinski definition) is 3. The largest absolute Gasteiger partial charge is 0.371 e. The van der Waals surface area contributed by atoms with Crippen molar-refractivity contribution in [3.8, 4) is 10.6 Å². The Kier molecular flexibility index (Phi) is 13.3. The van der Waals surface area contributed by atoms with Gasteiger partial charge in [0.05, 0.1) is 29.8 Å². The average molecular weight is 712 g/mol. The molecule has 0 unspecified atom stereocenters. The molecular formula is C34H42ClN7O6S. The first-order chi connectivity index (χ1) is 23.4. The number of carbonyl (C=O) groups excluding carboxylic acids is 5. The Morgan fingerprint density at radius 1 is 1.00 bits per heavy atom. The van der Waals surface area contributed by atoms with E-state index in [1.807, 2.05) is 12.1 Å². The molecule has 3 aromatic rings. The van der Waals surface area contributed by atoms with Crippen LogP contribution >= 0.6 is 22.9 Å². The second-order valence-electron chi connectivity index (χ2n) is 12.5. The van der Waals surface area contributed by atoms with E-state index in [9.17, 15) is 24.0 Å². The van der Waals surface area contributed by atoms with Gasteiger partial charge in [0, 0.05) is 42.1 Å². The first-order valence-corrected chi connectivity index (χ1v) is 17.4. The number of hydrogen-bond acceptors (Lipinski definition) is 10. The smallest absolute Gasteiger partial charge is 0.272 e. The molecule has 0 saturated carbocycles. The number of thiazole rings is 1. The van der Waals surface area contributed by atoms with E-state index < -0.39 is 53.9 Å². The SMILES string of the molecule is CC[C@@H](C=O)NC(=O)[C@@H]1C[C@@H](OCc2cnc(-c3ccc(Cl)cc3)s2)CN1C(=O)[C@@H](NC(=O)[C@@H](NC(=O)c1cnccn1)C(C)C)C(C)C. The number of amides is 4. The van der Waals surface area contributed by atoms with E-state index in [1.54, 1.807) is 52.9 Å². The molecule has 49 heavy (non-hydrogen) atoms. The van der Waals surface area contributed by atoms with Gasteiger partial charge < -0.3 is 30.4 Å². The van der Waals surface area contributed by atoms with E-state index >= 15 is 0 Å². The normalized spacial score (nSPS) is 17.8. The highest BCUT2D eigenvalue weighted by molar-refractivity contribution is 7.15. The summed E-state index contributed by atoms with van der Waals surface area (Å²) in [5, 5.41) is 9.68. The van der Waals surface area contributed by atoms with Crippen molar-refractivity contribution in [2.45, 2.75) is 84.3 Å². The minimum atomic E-state index is -1.02. The standard InChI is InChI=1S/C34H42ClN7O6S/c1-6-23(17-43)39-31(45)27-13-24(48-18-25-14-38-33(49-25)21-7-9-22(35)10-8-21)16-42(27)34(47)29(20(4)5)41-32(46)28(19(2)3)40-30(44)26-15-36-11-12-37-26/h7-12,14-15,17,19-20,23-24,27-29H,6,13,16,18H2,1-5H3,(H,39,45)(H,40,44)(H,41,46)/t23-,24+,27-,28-,29-/m0/s1. The summed E-state index contributed by atoms with van der Waals surface area (Å²) < 4.78 is 6.21. The minimum absolute atomic E-state index is 0.0506. The van der Waals surface area contributed by atoms with Gasteiger partial charge in [0.1, 0.15) is 35.1 Å². The van der Waals surface area contributed by atoms with Gasteiger partial charge in [0.25, 0.3) is 5.91 Å². The van der Waals surface area contributed by atoms with Crippen molar-refractivity contribution in [2.24, 2.45) is 11.8 Å². The summed E-state index contributed by atoms with van der Waals surface area (Å²) in [5.74, 6) is -2.78. The van der Waals surface area contributed by atoms with Crippen LogP contribution in [0, 0.1) is 11.8 Å². The second-order valence-corrected chi connectivity index (χ2v) is 14.0. The molecule has 0 spiro atoms. The highest BCUT2D eigenvalue weighted by Gasteiger charge is 2.44. The fourth-order valence-corrected chi connectivity index (χ4v) is 6.29. The van der Waals surface area contributed by atoms with Crippen LogP contribution in [0.25, 0.3) is 10.6 Å². The first kappa shape index (κ1) is 37.5. The lowest BCUT2D eigenvalue weighted by Gasteiger charge is -2.32. The van der Waals surface area contributed by atoms with Gasteiger partial charge in [-0.3, -0.25) is 24.2 Å². The fourth-order valence-electron chi connectivity index (χ4n) is 5.32. The summed E-state index contributed by atoms with van der Waals surface area (Å²) in [6.45, 7) is 9.19. The topological polar surface area (TPSA) is 173 Å². The average Bonchev–Trinajstić information content (AvgIpc) is 3.75. The van der Waals surface area contributed by atoms with Crippen molar-refractivity contribution in [1.82, 2.24) is 35.8 Å². The zero-order chi connectivity index (χ0) is 35.7. The van der Waals surface area contributed by atoms with E-state index in [0.29, 0.717) is 17.7 Å². The van der Waals surface area contributed by atoms with Crippen LogP contribution in [0.5, 0.6) is 0 Å². The van der Waals surface area contributed by atoms with Crippen LogP contribution in [0.4, 0.5) is 0 Å². The van der Waals surface area contributed by atoms with Crippen molar-refractivity contribution >= 4 is 52.9 Å². The molecule has 1 saturated heterocycles. The lowest BCUT2D eigenvalue weighted by Crippen LogP contribution is -2.59. The number of ether oxygens (including phenoxy) is 1. The maximum Gasteiger partial charge on any atom is 0.272 e. The molecule has 0 aliphatic carbocycles. The number of benzene rings is 1. The highest BCUT2D eigenvalue weighted by atomic mass is 35.5. The molecular weight excluding hydrogens is 670 g/mol. The maximum atomic E-state index is 14.2. The molecule has 0 radical (unpaired) electrons. The summed E-state index contributed by atoms with van der Waals surface area (Å²) in [4.78, 5) is 80.2. The molecule has 3 heterocycles. The third-order valence-electron chi connectivity index (χ3n) is 8.15. The van der Waals surface area contributed by atoms with Crippen LogP contribution in [0.15, 0.2) is 49.1 Å². The predicted octanol–water partition coefficient (Wildman–Crippen LogP) is 3.43. The summed E-state index contributed by atoms with van der Waals surface area (Å²) in [6.07, 6.45) is 6.57. The Balaban J connectivity index is 1.49. The number of aromatic nitrogens is 3. The van der Waals surface area contributed by atoms with Gasteiger partial charge in [-0.2, -0.15) is 0 Å². The molecule has 13 nitrogen and oxygen atoms in total. The number of carbonyl (C=O) groups is 5. The van der Waals surface area contributed by atoms with Gasteiger partial charge in [-0.1, -0.05) is 58.4 Å². The van der Waals surface area contributed by atoms with Gasteiger partial charge in [-0.15, -0.1) is 11.3 Å². The highest BCUT2D eigenvalue weighted by Crippen LogP contribution is 2.29. The zero-order valence-electron chi connectivity index (χ0n) is 28.1. The number of aldehydes is 1. The summed E-state index contributed by atoms with van der Waals surface area (Å²) in [5.41, 5.74) is 0.972. The number of halogens is 1. The van der Waals surface area contributed by atoms with Crippen LogP contribution in [-0.2, 0) is 30.5 Å². The number of nitrogens with one attached hydrogen (secondary N) is 3. The summed E-state index contributed by atoms with van der Waals surface area (Å²) in [6, 6.07) is 3.72.